The topological polar surface area (TPSA) is 75.2 Å². The number of hydrogen-bond acceptors (Lipinski definition) is 5. The van der Waals surface area contributed by atoms with Crippen molar-refractivity contribution in [3.63, 3.8) is 0 Å². The first-order valence-electron chi connectivity index (χ1n) is 13.8. The summed E-state index contributed by atoms with van der Waals surface area (Å²) in [4.78, 5) is 32.7. The summed E-state index contributed by atoms with van der Waals surface area (Å²) < 4.78 is 0. The van der Waals surface area contributed by atoms with Crippen LogP contribution in [0, 0.1) is 20.8 Å². The molecule has 3 rings (SSSR count). The largest absolute Gasteiger partial charge is 0.357 e. The molecule has 0 aliphatic carbocycles. The highest BCUT2D eigenvalue weighted by Crippen LogP contribution is 2.17. The van der Waals surface area contributed by atoms with E-state index in [2.05, 4.69) is 59.7 Å². The van der Waals surface area contributed by atoms with E-state index in [1.165, 1.54) is 44.0 Å². The number of nitrogens with one attached hydrogen (secondary N) is 1. The SMILES string of the molecule is C=CC(=O)N[C@H](CC)CCC.CC.CC(=O)c1ccc(C)nc1C.Cc1ccc(N2CCCCC2)nc1. The molecule has 1 amide bonds. The number of carbonyl (C=O) groups excluding carboxylic acids is 2. The number of carbonyl (C=O) groups is 2. The molecular formula is C31H50N4O2. The molecule has 2 aromatic heterocycles. The van der Waals surface area contributed by atoms with E-state index < -0.39 is 0 Å². The van der Waals surface area contributed by atoms with Gasteiger partial charge in [-0.2, -0.15) is 0 Å². The van der Waals surface area contributed by atoms with E-state index in [1.54, 1.807) is 6.92 Å². The van der Waals surface area contributed by atoms with Gasteiger partial charge in [-0.1, -0.05) is 46.8 Å². The van der Waals surface area contributed by atoms with Crippen LogP contribution in [0.15, 0.2) is 43.1 Å². The van der Waals surface area contributed by atoms with Crippen molar-refractivity contribution in [1.82, 2.24) is 15.3 Å². The summed E-state index contributed by atoms with van der Waals surface area (Å²) in [7, 11) is 0. The summed E-state index contributed by atoms with van der Waals surface area (Å²) >= 11 is 0. The van der Waals surface area contributed by atoms with Gasteiger partial charge in [0.1, 0.15) is 5.82 Å². The van der Waals surface area contributed by atoms with Crippen molar-refractivity contribution >= 4 is 17.5 Å². The Labute approximate surface area is 226 Å². The average molecular weight is 511 g/mol. The van der Waals surface area contributed by atoms with Crippen LogP contribution in [-0.4, -0.2) is 40.8 Å². The van der Waals surface area contributed by atoms with Crippen LogP contribution in [0.5, 0.6) is 0 Å². The van der Waals surface area contributed by atoms with Gasteiger partial charge >= 0.3 is 0 Å². The van der Waals surface area contributed by atoms with Gasteiger partial charge in [-0.15, -0.1) is 0 Å². The summed E-state index contributed by atoms with van der Waals surface area (Å²) in [5, 5.41) is 2.86. The van der Waals surface area contributed by atoms with E-state index >= 15 is 0 Å². The highest BCUT2D eigenvalue weighted by molar-refractivity contribution is 5.95. The number of amides is 1. The molecule has 0 aromatic carbocycles. The number of aryl methyl sites for hydroxylation is 3. The summed E-state index contributed by atoms with van der Waals surface area (Å²) in [6, 6.07) is 8.26. The Morgan fingerprint density at radius 2 is 1.70 bits per heavy atom. The highest BCUT2D eigenvalue weighted by atomic mass is 16.1. The van der Waals surface area contributed by atoms with Crippen LogP contribution >= 0.6 is 0 Å². The van der Waals surface area contributed by atoms with Crippen LogP contribution < -0.4 is 10.2 Å². The maximum Gasteiger partial charge on any atom is 0.243 e. The van der Waals surface area contributed by atoms with Gasteiger partial charge < -0.3 is 10.2 Å². The van der Waals surface area contributed by atoms with Gasteiger partial charge in [0.15, 0.2) is 5.78 Å². The molecule has 1 atom stereocenters. The van der Waals surface area contributed by atoms with Gasteiger partial charge in [0.05, 0.1) is 0 Å². The maximum absolute atomic E-state index is 10.9. The van der Waals surface area contributed by atoms with Crippen LogP contribution in [0.25, 0.3) is 0 Å². The summed E-state index contributed by atoms with van der Waals surface area (Å²) in [5.41, 5.74) is 3.72. The lowest BCUT2D eigenvalue weighted by molar-refractivity contribution is -0.117. The second-order valence-electron chi connectivity index (χ2n) is 8.99. The van der Waals surface area contributed by atoms with E-state index in [1.807, 2.05) is 46.0 Å². The van der Waals surface area contributed by atoms with Crippen molar-refractivity contribution in [2.24, 2.45) is 0 Å². The number of Topliss-reactive ketones (excluding diaryl/α,β-unsaturated/α-hetero) is 1. The van der Waals surface area contributed by atoms with Gasteiger partial charge in [-0.05, 0) is 89.6 Å². The molecule has 1 aliphatic rings. The summed E-state index contributed by atoms with van der Waals surface area (Å²) in [5.74, 6) is 1.16. The normalized spacial score (nSPS) is 12.8. The molecular weight excluding hydrogens is 460 g/mol. The van der Waals surface area contributed by atoms with Crippen LogP contribution in [0.1, 0.15) is 100 Å². The minimum atomic E-state index is -0.0645. The molecule has 1 saturated heterocycles. The van der Waals surface area contributed by atoms with Crippen LogP contribution in [0.4, 0.5) is 5.82 Å². The van der Waals surface area contributed by atoms with Crippen molar-refractivity contribution < 1.29 is 9.59 Å². The van der Waals surface area contributed by atoms with Gasteiger partial charge in [0.25, 0.3) is 0 Å². The Hall–Kier alpha value is -3.02. The van der Waals surface area contributed by atoms with Crippen molar-refractivity contribution in [1.29, 1.82) is 0 Å². The zero-order chi connectivity index (χ0) is 28.2. The third-order valence-corrected chi connectivity index (χ3v) is 5.84. The Bertz CT molecular complexity index is 919. The van der Waals surface area contributed by atoms with E-state index in [4.69, 9.17) is 0 Å². The fourth-order valence-electron chi connectivity index (χ4n) is 3.82. The number of anilines is 1. The Morgan fingerprint density at radius 3 is 2.16 bits per heavy atom. The lowest BCUT2D eigenvalue weighted by Gasteiger charge is -2.27. The Balaban J connectivity index is 0.000000511. The third kappa shape index (κ3) is 14.3. The third-order valence-electron chi connectivity index (χ3n) is 5.84. The van der Waals surface area contributed by atoms with Gasteiger partial charge in [0.2, 0.25) is 5.91 Å². The second kappa shape index (κ2) is 20.1. The molecule has 6 heteroatoms. The lowest BCUT2D eigenvalue weighted by Crippen LogP contribution is -2.32. The monoisotopic (exact) mass is 510 g/mol. The lowest BCUT2D eigenvalue weighted by atomic mass is 10.1. The molecule has 0 spiro atoms. The van der Waals surface area contributed by atoms with Crippen molar-refractivity contribution in [3.8, 4) is 0 Å². The van der Waals surface area contributed by atoms with E-state index in [9.17, 15) is 9.59 Å². The number of ketones is 1. The predicted octanol–water partition coefficient (Wildman–Crippen LogP) is 7.17. The fraction of sp³-hybridized carbons (Fsp3) is 0.548. The molecule has 37 heavy (non-hydrogen) atoms. The van der Waals surface area contributed by atoms with Crippen molar-refractivity contribution in [2.75, 3.05) is 18.0 Å². The molecule has 1 aliphatic heterocycles. The first-order valence-corrected chi connectivity index (χ1v) is 13.8. The van der Waals surface area contributed by atoms with Crippen molar-refractivity contribution in [2.45, 2.75) is 100.0 Å². The molecule has 2 aromatic rings. The second-order valence-corrected chi connectivity index (χ2v) is 8.99. The van der Waals surface area contributed by atoms with Gasteiger partial charge in [-0.25, -0.2) is 4.98 Å². The molecule has 0 bridgehead atoms. The van der Waals surface area contributed by atoms with Crippen LogP contribution in [-0.2, 0) is 4.79 Å². The number of aromatic nitrogens is 2. The van der Waals surface area contributed by atoms with E-state index in [0.717, 1.165) is 42.0 Å². The number of rotatable bonds is 7. The summed E-state index contributed by atoms with van der Waals surface area (Å²) in [6.45, 7) is 21.3. The van der Waals surface area contributed by atoms with Gasteiger partial charge in [0, 0.05) is 42.3 Å². The average Bonchev–Trinajstić information content (AvgIpc) is 2.91. The zero-order valence-corrected chi connectivity index (χ0v) is 24.6. The standard InChI is InChI=1S/C11H16N2.C9H11NO.C9H17NO.C2H6/c1-10-5-6-11(12-9-10)13-7-3-2-4-8-13;1-6-4-5-9(8(3)11)7(2)10-6;1-4-7-8(5-2)10-9(11)6-3;1-2/h5-6,9H,2-4,7-8H2,1H3;4-5H,1-3H3;6,8H,3-5,7H2,1-2H3,(H,10,11);1-2H3/t;;8-;/m..1./s1. The highest BCUT2D eigenvalue weighted by Gasteiger charge is 2.11. The zero-order valence-electron chi connectivity index (χ0n) is 24.6. The minimum Gasteiger partial charge on any atom is -0.357 e. The van der Waals surface area contributed by atoms with E-state index in [-0.39, 0.29) is 11.7 Å². The Morgan fingerprint density at radius 1 is 1.05 bits per heavy atom. The molecule has 206 valence electrons. The molecule has 0 saturated carbocycles. The number of hydrogen-bond donors (Lipinski definition) is 1. The Kier molecular flexibility index (Phi) is 18.4. The molecule has 1 N–H and O–H groups in total. The minimum absolute atomic E-state index is 0.0645. The smallest absolute Gasteiger partial charge is 0.243 e. The number of piperidine rings is 1. The van der Waals surface area contributed by atoms with Crippen LogP contribution in [0.2, 0.25) is 0 Å². The van der Waals surface area contributed by atoms with E-state index in [0.29, 0.717) is 6.04 Å². The number of nitrogens with zero attached hydrogens (tertiary/aromatic N) is 3. The molecule has 0 unspecified atom stereocenters. The quantitative estimate of drug-likeness (QED) is 0.315. The fourth-order valence-corrected chi connectivity index (χ4v) is 3.82. The molecule has 0 radical (unpaired) electrons. The summed E-state index contributed by atoms with van der Waals surface area (Å²) in [6.07, 6.45) is 10.4. The number of pyridine rings is 2. The maximum atomic E-state index is 10.9. The van der Waals surface area contributed by atoms with Gasteiger partial charge in [-0.3, -0.25) is 14.6 Å². The predicted molar refractivity (Wildman–Crippen MR) is 157 cm³/mol. The molecule has 3 heterocycles. The molecule has 6 nitrogen and oxygen atoms in total. The van der Waals surface area contributed by atoms with Crippen LogP contribution in [0.3, 0.4) is 0 Å². The first-order chi connectivity index (χ1) is 17.7. The first kappa shape index (κ1) is 34.0. The van der Waals surface area contributed by atoms with Crippen molar-refractivity contribution in [3.05, 3.63) is 65.6 Å². The molecule has 1 fully saturated rings.